The van der Waals surface area contributed by atoms with Crippen LogP contribution in [0.15, 0.2) is 30.6 Å². The van der Waals surface area contributed by atoms with E-state index in [0.717, 1.165) is 29.6 Å². The van der Waals surface area contributed by atoms with Crippen molar-refractivity contribution in [3.63, 3.8) is 0 Å². The zero-order chi connectivity index (χ0) is 12.1. The molecule has 0 radical (unpaired) electrons. The van der Waals surface area contributed by atoms with Crippen LogP contribution in [0.5, 0.6) is 0 Å². The summed E-state index contributed by atoms with van der Waals surface area (Å²) in [4.78, 5) is 8.64. The number of aromatic nitrogens is 2. The molecular weight excluding hydrogens is 210 g/mol. The third kappa shape index (κ3) is 2.43. The van der Waals surface area contributed by atoms with Crippen molar-refractivity contribution in [3.05, 3.63) is 36.2 Å². The quantitative estimate of drug-likeness (QED) is 0.811. The van der Waals surface area contributed by atoms with Crippen molar-refractivity contribution in [2.45, 2.75) is 19.4 Å². The van der Waals surface area contributed by atoms with Crippen LogP contribution < -0.4 is 5.32 Å². The molecule has 1 N–H and O–H groups in total. The molecule has 0 fully saturated rings. The molecule has 0 spiro atoms. The van der Waals surface area contributed by atoms with Crippen LogP contribution >= 0.6 is 0 Å². The van der Waals surface area contributed by atoms with Crippen LogP contribution in [-0.4, -0.2) is 16.5 Å². The van der Waals surface area contributed by atoms with Gasteiger partial charge in [0.25, 0.3) is 0 Å². The van der Waals surface area contributed by atoms with Crippen molar-refractivity contribution in [1.82, 2.24) is 15.3 Å². The molecule has 17 heavy (non-hydrogen) atoms. The van der Waals surface area contributed by atoms with E-state index in [-0.39, 0.29) is 6.04 Å². The molecule has 1 heterocycles. The van der Waals surface area contributed by atoms with E-state index in [1.807, 2.05) is 18.2 Å². The van der Waals surface area contributed by atoms with Crippen molar-refractivity contribution in [2.75, 3.05) is 6.54 Å². The zero-order valence-corrected chi connectivity index (χ0v) is 9.85. The van der Waals surface area contributed by atoms with Gasteiger partial charge in [0.05, 0.1) is 17.1 Å². The Morgan fingerprint density at radius 3 is 2.94 bits per heavy atom. The van der Waals surface area contributed by atoms with Crippen LogP contribution in [0.2, 0.25) is 0 Å². The third-order valence-corrected chi connectivity index (χ3v) is 2.61. The second-order valence-corrected chi connectivity index (χ2v) is 3.83. The SMILES string of the molecule is C#CC(NCCC)c1cccc2nccnc12. The maximum atomic E-state index is 5.58. The molecular formula is C14H15N3. The van der Waals surface area contributed by atoms with Gasteiger partial charge in [0.2, 0.25) is 0 Å². The summed E-state index contributed by atoms with van der Waals surface area (Å²) in [5, 5.41) is 3.32. The molecule has 1 unspecified atom stereocenters. The van der Waals surface area contributed by atoms with Crippen LogP contribution in [0.3, 0.4) is 0 Å². The summed E-state index contributed by atoms with van der Waals surface area (Å²) in [6.45, 7) is 3.01. The summed E-state index contributed by atoms with van der Waals surface area (Å²) < 4.78 is 0. The van der Waals surface area contributed by atoms with Gasteiger partial charge in [0.15, 0.2) is 0 Å². The van der Waals surface area contributed by atoms with Gasteiger partial charge >= 0.3 is 0 Å². The van der Waals surface area contributed by atoms with Gasteiger partial charge in [-0.25, -0.2) is 0 Å². The van der Waals surface area contributed by atoms with Crippen LogP contribution in [-0.2, 0) is 0 Å². The molecule has 0 aliphatic rings. The maximum absolute atomic E-state index is 5.58. The molecule has 3 nitrogen and oxygen atoms in total. The summed E-state index contributed by atoms with van der Waals surface area (Å²) in [6, 6.07) is 5.81. The Morgan fingerprint density at radius 1 is 1.35 bits per heavy atom. The third-order valence-electron chi connectivity index (χ3n) is 2.61. The number of hydrogen-bond donors (Lipinski definition) is 1. The average Bonchev–Trinajstić information content (AvgIpc) is 2.40. The Kier molecular flexibility index (Phi) is 3.69. The number of nitrogens with zero attached hydrogens (tertiary/aromatic N) is 2. The lowest BCUT2D eigenvalue weighted by Crippen LogP contribution is -2.21. The standard InChI is InChI=1S/C14H15N3/c1-3-8-15-12(4-2)11-6-5-7-13-14(11)17-10-9-16-13/h2,5-7,9-10,12,15H,3,8H2,1H3. The number of nitrogens with one attached hydrogen (secondary N) is 1. The fourth-order valence-electron chi connectivity index (χ4n) is 1.80. The predicted octanol–water partition coefficient (Wildman–Crippen LogP) is 2.30. The first-order chi connectivity index (χ1) is 8.36. The topological polar surface area (TPSA) is 37.8 Å². The van der Waals surface area contributed by atoms with E-state index in [9.17, 15) is 0 Å². The second-order valence-electron chi connectivity index (χ2n) is 3.83. The van der Waals surface area contributed by atoms with E-state index in [0.29, 0.717) is 0 Å². The monoisotopic (exact) mass is 225 g/mol. The Morgan fingerprint density at radius 2 is 2.18 bits per heavy atom. The molecule has 3 heteroatoms. The Bertz CT molecular complexity index is 537. The fourth-order valence-corrected chi connectivity index (χ4v) is 1.80. The first-order valence-electron chi connectivity index (χ1n) is 5.76. The molecule has 0 aliphatic heterocycles. The molecule has 1 atom stereocenters. The molecule has 0 aliphatic carbocycles. The van der Waals surface area contributed by atoms with E-state index in [4.69, 9.17) is 6.42 Å². The minimum atomic E-state index is -0.102. The normalized spacial score (nSPS) is 12.2. The fraction of sp³-hybridized carbons (Fsp3) is 0.286. The molecule has 1 aromatic carbocycles. The maximum Gasteiger partial charge on any atom is 0.0964 e. The summed E-state index contributed by atoms with van der Waals surface area (Å²) in [5.41, 5.74) is 2.77. The van der Waals surface area contributed by atoms with Gasteiger partial charge in [0.1, 0.15) is 0 Å². The Hall–Kier alpha value is -1.92. The Labute approximate surface area is 101 Å². The van der Waals surface area contributed by atoms with Gasteiger partial charge in [0, 0.05) is 18.0 Å². The number of hydrogen-bond acceptors (Lipinski definition) is 3. The summed E-state index contributed by atoms with van der Waals surface area (Å²) in [7, 11) is 0. The highest BCUT2D eigenvalue weighted by molar-refractivity contribution is 5.78. The van der Waals surface area contributed by atoms with Crippen molar-refractivity contribution in [2.24, 2.45) is 0 Å². The van der Waals surface area contributed by atoms with Crippen LogP contribution in [0, 0.1) is 12.3 Å². The van der Waals surface area contributed by atoms with Gasteiger partial charge in [-0.1, -0.05) is 25.0 Å². The van der Waals surface area contributed by atoms with Gasteiger partial charge in [-0.2, -0.15) is 0 Å². The number of fused-ring (bicyclic) bond motifs is 1. The molecule has 86 valence electrons. The lowest BCUT2D eigenvalue weighted by molar-refractivity contribution is 0.628. The van der Waals surface area contributed by atoms with Crippen LogP contribution in [0.25, 0.3) is 11.0 Å². The first-order valence-corrected chi connectivity index (χ1v) is 5.76. The van der Waals surface area contributed by atoms with E-state index < -0.39 is 0 Å². The first kappa shape index (κ1) is 11.6. The van der Waals surface area contributed by atoms with Gasteiger partial charge in [-0.05, 0) is 19.0 Å². The summed E-state index contributed by atoms with van der Waals surface area (Å²) in [5.74, 6) is 2.77. The number of rotatable bonds is 4. The largest absolute Gasteiger partial charge is 0.300 e. The number of benzene rings is 1. The minimum Gasteiger partial charge on any atom is -0.300 e. The predicted molar refractivity (Wildman–Crippen MR) is 69.4 cm³/mol. The van der Waals surface area contributed by atoms with Crippen molar-refractivity contribution >= 4 is 11.0 Å². The van der Waals surface area contributed by atoms with Crippen molar-refractivity contribution in [1.29, 1.82) is 0 Å². The van der Waals surface area contributed by atoms with Crippen LogP contribution in [0.1, 0.15) is 24.9 Å². The van der Waals surface area contributed by atoms with E-state index >= 15 is 0 Å². The zero-order valence-electron chi connectivity index (χ0n) is 9.85. The lowest BCUT2D eigenvalue weighted by atomic mass is 10.1. The molecule has 2 rings (SSSR count). The molecule has 0 saturated heterocycles. The minimum absolute atomic E-state index is 0.102. The van der Waals surface area contributed by atoms with Gasteiger partial charge in [-0.15, -0.1) is 6.42 Å². The Balaban J connectivity index is 2.43. The highest BCUT2D eigenvalue weighted by atomic mass is 14.9. The van der Waals surface area contributed by atoms with E-state index in [1.54, 1.807) is 12.4 Å². The van der Waals surface area contributed by atoms with Gasteiger partial charge in [-0.3, -0.25) is 15.3 Å². The average molecular weight is 225 g/mol. The smallest absolute Gasteiger partial charge is 0.0964 e. The molecule has 1 aromatic heterocycles. The van der Waals surface area contributed by atoms with Gasteiger partial charge < -0.3 is 0 Å². The molecule has 0 saturated carbocycles. The van der Waals surface area contributed by atoms with Crippen molar-refractivity contribution in [3.8, 4) is 12.3 Å². The highest BCUT2D eigenvalue weighted by Crippen LogP contribution is 2.20. The number of terminal acetylenes is 1. The lowest BCUT2D eigenvalue weighted by Gasteiger charge is -2.14. The van der Waals surface area contributed by atoms with E-state index in [2.05, 4.69) is 28.1 Å². The number of para-hydroxylation sites is 1. The summed E-state index contributed by atoms with van der Waals surface area (Å²) >= 11 is 0. The summed E-state index contributed by atoms with van der Waals surface area (Å²) in [6.07, 6.45) is 10.0. The highest BCUT2D eigenvalue weighted by Gasteiger charge is 2.11. The molecule has 2 aromatic rings. The molecule has 0 amide bonds. The second kappa shape index (κ2) is 5.42. The van der Waals surface area contributed by atoms with Crippen molar-refractivity contribution < 1.29 is 0 Å². The van der Waals surface area contributed by atoms with E-state index in [1.165, 1.54) is 0 Å². The van der Waals surface area contributed by atoms with Crippen LogP contribution in [0.4, 0.5) is 0 Å². The molecule has 0 bridgehead atoms.